The molecule has 0 radical (unpaired) electrons. The van der Waals surface area contributed by atoms with Crippen LogP contribution in [0.15, 0.2) is 23.0 Å². The fraction of sp³-hybridized carbons (Fsp3) is 0.545. The second-order valence-electron chi connectivity index (χ2n) is 3.87. The van der Waals surface area contributed by atoms with E-state index in [0.717, 1.165) is 12.0 Å². The first kappa shape index (κ1) is 11.8. The van der Waals surface area contributed by atoms with Crippen LogP contribution in [0.5, 0.6) is 0 Å². The molecule has 0 aliphatic rings. The van der Waals surface area contributed by atoms with Crippen molar-refractivity contribution < 1.29 is 14.3 Å². The average molecular weight is 211 g/mol. The van der Waals surface area contributed by atoms with Crippen molar-refractivity contribution >= 4 is 5.97 Å². The fourth-order valence-corrected chi connectivity index (χ4v) is 1.46. The van der Waals surface area contributed by atoms with E-state index in [9.17, 15) is 4.79 Å². The smallest absolute Gasteiger partial charge is 0.323 e. The standard InChI is InChI=1S/C11H17NO3/c1-3-5-11(2,10(13)14)12-7-9-4-6-15-8-9/h4,6,8,12H,3,5,7H2,1-2H3,(H,13,14). The van der Waals surface area contributed by atoms with Crippen molar-refractivity contribution in [2.24, 2.45) is 0 Å². The van der Waals surface area contributed by atoms with Crippen molar-refractivity contribution in [3.63, 3.8) is 0 Å². The van der Waals surface area contributed by atoms with Gasteiger partial charge in [-0.1, -0.05) is 13.3 Å². The van der Waals surface area contributed by atoms with E-state index < -0.39 is 11.5 Å². The van der Waals surface area contributed by atoms with Gasteiger partial charge in [0, 0.05) is 12.1 Å². The van der Waals surface area contributed by atoms with Crippen LogP contribution in [0.1, 0.15) is 32.3 Å². The number of carboxylic acids is 1. The Kier molecular flexibility index (Phi) is 3.91. The van der Waals surface area contributed by atoms with Crippen molar-refractivity contribution in [2.75, 3.05) is 0 Å². The van der Waals surface area contributed by atoms with Gasteiger partial charge in [0.15, 0.2) is 0 Å². The van der Waals surface area contributed by atoms with Gasteiger partial charge in [0.05, 0.1) is 12.5 Å². The Morgan fingerprint density at radius 1 is 1.67 bits per heavy atom. The zero-order valence-corrected chi connectivity index (χ0v) is 9.12. The molecule has 0 aliphatic carbocycles. The highest BCUT2D eigenvalue weighted by molar-refractivity contribution is 5.78. The molecule has 0 saturated heterocycles. The predicted molar refractivity (Wildman–Crippen MR) is 56.5 cm³/mol. The summed E-state index contributed by atoms with van der Waals surface area (Å²) in [6.45, 7) is 4.19. The highest BCUT2D eigenvalue weighted by Gasteiger charge is 2.31. The summed E-state index contributed by atoms with van der Waals surface area (Å²) in [7, 11) is 0. The fourth-order valence-electron chi connectivity index (χ4n) is 1.46. The molecule has 0 amide bonds. The van der Waals surface area contributed by atoms with E-state index in [2.05, 4.69) is 5.32 Å². The summed E-state index contributed by atoms with van der Waals surface area (Å²) in [6.07, 6.45) is 4.64. The summed E-state index contributed by atoms with van der Waals surface area (Å²) in [5.74, 6) is -0.812. The molecule has 1 aromatic rings. The number of furan rings is 1. The number of aliphatic carboxylic acids is 1. The van der Waals surface area contributed by atoms with Crippen LogP contribution >= 0.6 is 0 Å². The Bertz CT molecular complexity index is 308. The maximum Gasteiger partial charge on any atom is 0.323 e. The van der Waals surface area contributed by atoms with Gasteiger partial charge in [-0.15, -0.1) is 0 Å². The third-order valence-electron chi connectivity index (χ3n) is 2.48. The van der Waals surface area contributed by atoms with Gasteiger partial charge in [0.2, 0.25) is 0 Å². The zero-order chi connectivity index (χ0) is 11.3. The van der Waals surface area contributed by atoms with E-state index in [1.807, 2.05) is 13.0 Å². The SMILES string of the molecule is CCCC(C)(NCc1ccoc1)C(=O)O. The van der Waals surface area contributed by atoms with Crippen LogP contribution in [0.3, 0.4) is 0 Å². The second kappa shape index (κ2) is 4.98. The minimum atomic E-state index is -0.855. The largest absolute Gasteiger partial charge is 0.480 e. The molecule has 4 heteroatoms. The molecule has 1 aromatic heterocycles. The molecule has 0 saturated carbocycles. The molecular weight excluding hydrogens is 194 g/mol. The lowest BCUT2D eigenvalue weighted by Crippen LogP contribution is -2.48. The van der Waals surface area contributed by atoms with Crippen LogP contribution in [-0.2, 0) is 11.3 Å². The van der Waals surface area contributed by atoms with Gasteiger partial charge >= 0.3 is 5.97 Å². The van der Waals surface area contributed by atoms with Crippen LogP contribution in [-0.4, -0.2) is 16.6 Å². The molecule has 1 heterocycles. The predicted octanol–water partition coefficient (Wildman–Crippen LogP) is 2.01. The summed E-state index contributed by atoms with van der Waals surface area (Å²) in [5.41, 5.74) is 0.102. The molecule has 2 N–H and O–H groups in total. The third-order valence-corrected chi connectivity index (χ3v) is 2.48. The van der Waals surface area contributed by atoms with Gasteiger partial charge in [-0.25, -0.2) is 0 Å². The highest BCUT2D eigenvalue weighted by Crippen LogP contribution is 2.13. The number of carboxylic acid groups (broad SMARTS) is 1. The highest BCUT2D eigenvalue weighted by atomic mass is 16.4. The van der Waals surface area contributed by atoms with E-state index in [1.54, 1.807) is 19.5 Å². The normalized spacial score (nSPS) is 14.8. The molecule has 15 heavy (non-hydrogen) atoms. The molecule has 0 aromatic carbocycles. The number of hydrogen-bond acceptors (Lipinski definition) is 3. The van der Waals surface area contributed by atoms with E-state index in [4.69, 9.17) is 9.52 Å². The Morgan fingerprint density at radius 2 is 2.40 bits per heavy atom. The van der Waals surface area contributed by atoms with E-state index in [0.29, 0.717) is 13.0 Å². The Balaban J connectivity index is 2.56. The quantitative estimate of drug-likeness (QED) is 0.755. The molecule has 0 fully saturated rings. The summed E-state index contributed by atoms with van der Waals surface area (Å²) < 4.78 is 4.91. The molecule has 1 rings (SSSR count). The molecule has 0 bridgehead atoms. The summed E-state index contributed by atoms with van der Waals surface area (Å²) in [4.78, 5) is 11.1. The average Bonchev–Trinajstić information content (AvgIpc) is 2.67. The van der Waals surface area contributed by atoms with Crippen LogP contribution in [0.25, 0.3) is 0 Å². The van der Waals surface area contributed by atoms with Crippen molar-refractivity contribution in [1.82, 2.24) is 5.32 Å². The van der Waals surface area contributed by atoms with Crippen LogP contribution < -0.4 is 5.32 Å². The number of rotatable bonds is 6. The first-order valence-electron chi connectivity index (χ1n) is 5.08. The molecule has 1 atom stereocenters. The van der Waals surface area contributed by atoms with Crippen molar-refractivity contribution in [3.05, 3.63) is 24.2 Å². The maximum atomic E-state index is 11.1. The number of carbonyl (C=O) groups is 1. The van der Waals surface area contributed by atoms with Gasteiger partial charge < -0.3 is 9.52 Å². The monoisotopic (exact) mass is 211 g/mol. The lowest BCUT2D eigenvalue weighted by atomic mass is 9.96. The Hall–Kier alpha value is -1.29. The lowest BCUT2D eigenvalue weighted by molar-refractivity contribution is -0.144. The molecule has 1 unspecified atom stereocenters. The van der Waals surface area contributed by atoms with Gasteiger partial charge in [-0.05, 0) is 19.4 Å². The molecular formula is C11H17NO3. The maximum absolute atomic E-state index is 11.1. The number of hydrogen-bond donors (Lipinski definition) is 2. The minimum Gasteiger partial charge on any atom is -0.480 e. The zero-order valence-electron chi connectivity index (χ0n) is 9.12. The van der Waals surface area contributed by atoms with Crippen LogP contribution in [0.2, 0.25) is 0 Å². The summed E-state index contributed by atoms with van der Waals surface area (Å²) in [6, 6.07) is 1.82. The first-order valence-corrected chi connectivity index (χ1v) is 5.08. The Labute approximate surface area is 89.3 Å². The third kappa shape index (κ3) is 3.09. The van der Waals surface area contributed by atoms with E-state index in [1.165, 1.54) is 0 Å². The first-order chi connectivity index (χ1) is 7.08. The van der Waals surface area contributed by atoms with Gasteiger partial charge in [0.1, 0.15) is 5.54 Å². The lowest BCUT2D eigenvalue weighted by Gasteiger charge is -2.25. The van der Waals surface area contributed by atoms with Crippen molar-refractivity contribution in [2.45, 2.75) is 38.8 Å². The molecule has 84 valence electrons. The van der Waals surface area contributed by atoms with Crippen molar-refractivity contribution in [1.29, 1.82) is 0 Å². The van der Waals surface area contributed by atoms with E-state index >= 15 is 0 Å². The van der Waals surface area contributed by atoms with Crippen LogP contribution in [0.4, 0.5) is 0 Å². The van der Waals surface area contributed by atoms with Gasteiger partial charge in [-0.3, -0.25) is 10.1 Å². The van der Waals surface area contributed by atoms with Crippen LogP contribution in [0, 0.1) is 0 Å². The summed E-state index contributed by atoms with van der Waals surface area (Å²) in [5, 5.41) is 12.1. The van der Waals surface area contributed by atoms with Gasteiger partial charge in [0.25, 0.3) is 0 Å². The molecule has 4 nitrogen and oxygen atoms in total. The van der Waals surface area contributed by atoms with Gasteiger partial charge in [-0.2, -0.15) is 0 Å². The minimum absolute atomic E-state index is 0.513. The topological polar surface area (TPSA) is 62.5 Å². The van der Waals surface area contributed by atoms with Crippen molar-refractivity contribution in [3.8, 4) is 0 Å². The molecule has 0 spiro atoms. The van der Waals surface area contributed by atoms with E-state index in [-0.39, 0.29) is 0 Å². The summed E-state index contributed by atoms with van der Waals surface area (Å²) >= 11 is 0. The molecule has 0 aliphatic heterocycles. The Morgan fingerprint density at radius 3 is 2.87 bits per heavy atom. The second-order valence-corrected chi connectivity index (χ2v) is 3.87. The number of nitrogens with one attached hydrogen (secondary N) is 1.